The second-order valence-corrected chi connectivity index (χ2v) is 36.7. The number of piperazine rings is 1. The van der Waals surface area contributed by atoms with Crippen LogP contribution >= 0.6 is 0 Å². The number of unbranched alkanes of at least 4 members (excludes halogenated alkanes) is 33. The highest BCUT2D eigenvalue weighted by Gasteiger charge is 2.24. The SMILES string of the molecule is CCCCC(CCCC)CCOC(=O)CCCCCCCCCC(CCCCCCCCCC(=O)OCCC(CCCC)CCCCC(COC(=O)CCCCCCCCCC(CCCCCCCCCC(=O)OCCC(CCCC)CCCC)OCCCCN1CCN(C)CC1)C(CCCC)CCCC)CCN(C)C(C)C. The molecule has 4 unspecified atom stereocenters. The smallest absolute Gasteiger partial charge is 0.305 e. The van der Waals surface area contributed by atoms with E-state index in [1.54, 1.807) is 0 Å². The number of esters is 4. The third kappa shape index (κ3) is 70.1. The fraction of sp³-hybridized carbons (Fsp3) is 0.960. The zero-order chi connectivity index (χ0) is 82.4. The molecule has 0 aromatic heterocycles. The molecule has 1 aliphatic heterocycles. The van der Waals surface area contributed by atoms with E-state index in [9.17, 15) is 19.2 Å². The molecule has 0 saturated carbocycles. The van der Waals surface area contributed by atoms with Crippen LogP contribution in [0.3, 0.4) is 0 Å². The number of carbonyl (C=O) groups is 4. The maximum Gasteiger partial charge on any atom is 0.305 e. The molecule has 0 aliphatic carbocycles. The maximum absolute atomic E-state index is 13.4. The van der Waals surface area contributed by atoms with Gasteiger partial charge >= 0.3 is 23.9 Å². The number of hydrogen-bond acceptors (Lipinski definition) is 12. The molecule has 0 radical (unpaired) electrons. The molecule has 0 bridgehead atoms. The van der Waals surface area contributed by atoms with Crippen LogP contribution in [0.5, 0.6) is 0 Å². The van der Waals surface area contributed by atoms with Gasteiger partial charge in [0.1, 0.15) is 0 Å². The molecular weight excluding hydrogens is 1400 g/mol. The lowest BCUT2D eigenvalue weighted by Gasteiger charge is -2.32. The summed E-state index contributed by atoms with van der Waals surface area (Å²) in [5.41, 5.74) is 0. The van der Waals surface area contributed by atoms with Gasteiger partial charge in [-0.25, -0.2) is 0 Å². The Labute approximate surface area is 704 Å². The standard InChI is InChI=1S/C101H197N3O9/c1-12-19-58-92(59-20-13-2)76-86-110-98(105)71-50-42-34-26-30-38-46-63-91(75-80-103(11)90(8)9)64-47-39-31-27-35-43-51-73-100(107)112-88-78-94(62-23-16-5)65-54-55-68-96(95(66-24-17-6)67-25-18-7)89-113-101(108)74-53-45-37-29-33-41-49-70-97(109-85-57-56-79-104-83-81-102(10)82-84-104)69-48-40-32-28-36-44-52-72-99(106)111-87-77-93(60-21-14-3)61-22-15-4/h90-97H,12-89H2,1-11H3. The molecule has 0 N–H and O–H groups in total. The Hall–Kier alpha value is -2.28. The molecule has 0 spiro atoms. The van der Waals surface area contributed by atoms with Gasteiger partial charge in [0.05, 0.1) is 32.5 Å². The molecular formula is C101H197N3O9. The molecule has 1 fully saturated rings. The Kier molecular flexibility index (Phi) is 79.0. The van der Waals surface area contributed by atoms with Crippen LogP contribution in [0.25, 0.3) is 0 Å². The summed E-state index contributed by atoms with van der Waals surface area (Å²) >= 11 is 0. The van der Waals surface area contributed by atoms with Crippen molar-refractivity contribution in [2.45, 2.75) is 505 Å². The van der Waals surface area contributed by atoms with Crippen LogP contribution in [-0.2, 0) is 42.9 Å². The Balaban J connectivity index is 2.44. The lowest BCUT2D eigenvalue weighted by molar-refractivity contribution is -0.146. The van der Waals surface area contributed by atoms with Gasteiger partial charge in [-0.2, -0.15) is 0 Å². The Morgan fingerprint density at radius 2 is 0.575 bits per heavy atom. The van der Waals surface area contributed by atoms with Gasteiger partial charge in [-0.3, -0.25) is 19.2 Å². The van der Waals surface area contributed by atoms with E-state index in [0.717, 1.165) is 96.0 Å². The largest absolute Gasteiger partial charge is 0.466 e. The van der Waals surface area contributed by atoms with E-state index >= 15 is 0 Å². The van der Waals surface area contributed by atoms with Gasteiger partial charge in [0.15, 0.2) is 0 Å². The van der Waals surface area contributed by atoms with Gasteiger partial charge in [0.25, 0.3) is 0 Å². The summed E-state index contributed by atoms with van der Waals surface area (Å²) in [5, 5.41) is 0. The minimum atomic E-state index is -0.00792. The first-order valence-corrected chi connectivity index (χ1v) is 50.6. The topological polar surface area (TPSA) is 124 Å². The molecule has 1 aliphatic rings. The van der Waals surface area contributed by atoms with Crippen LogP contribution in [0.1, 0.15) is 493 Å². The number of likely N-dealkylation sites (N-methyl/N-ethyl adjacent to an activating group) is 1. The minimum Gasteiger partial charge on any atom is -0.466 e. The average molecular weight is 1600 g/mol. The van der Waals surface area contributed by atoms with Crippen molar-refractivity contribution in [1.82, 2.24) is 14.7 Å². The van der Waals surface area contributed by atoms with Crippen molar-refractivity contribution in [2.75, 3.05) is 86.4 Å². The zero-order valence-corrected chi connectivity index (χ0v) is 77.8. The highest BCUT2D eigenvalue weighted by molar-refractivity contribution is 5.70. The summed E-state index contributed by atoms with van der Waals surface area (Å²) < 4.78 is 30.1. The lowest BCUT2D eigenvalue weighted by atomic mass is 9.81. The Morgan fingerprint density at radius 3 is 0.929 bits per heavy atom. The van der Waals surface area contributed by atoms with E-state index in [1.165, 1.54) is 360 Å². The predicted molar refractivity (Wildman–Crippen MR) is 485 cm³/mol. The zero-order valence-electron chi connectivity index (χ0n) is 77.8. The highest BCUT2D eigenvalue weighted by Crippen LogP contribution is 2.32. The molecule has 0 aromatic rings. The minimum absolute atomic E-state index is 0.00295. The molecule has 1 saturated heterocycles. The second kappa shape index (κ2) is 82.1. The monoisotopic (exact) mass is 1600 g/mol. The van der Waals surface area contributed by atoms with Crippen LogP contribution < -0.4 is 0 Å². The highest BCUT2D eigenvalue weighted by atomic mass is 16.5. The van der Waals surface area contributed by atoms with Gasteiger partial charge in [0, 0.05) is 64.5 Å². The van der Waals surface area contributed by atoms with Crippen molar-refractivity contribution in [2.24, 2.45) is 35.5 Å². The number of carbonyl (C=O) groups excluding carboxylic acids is 4. The van der Waals surface area contributed by atoms with Gasteiger partial charge in [-0.1, -0.05) is 370 Å². The van der Waals surface area contributed by atoms with Crippen molar-refractivity contribution in [3.8, 4) is 0 Å². The molecule has 670 valence electrons. The summed E-state index contributed by atoms with van der Waals surface area (Å²) in [5.74, 6) is 3.89. The lowest BCUT2D eigenvalue weighted by Crippen LogP contribution is -2.44. The van der Waals surface area contributed by atoms with Crippen molar-refractivity contribution in [3.63, 3.8) is 0 Å². The number of ether oxygens (including phenoxy) is 5. The molecule has 12 nitrogen and oxygen atoms in total. The maximum atomic E-state index is 13.4. The first-order chi connectivity index (χ1) is 55.2. The summed E-state index contributed by atoms with van der Waals surface area (Å²) in [6.45, 7) is 31.0. The second-order valence-electron chi connectivity index (χ2n) is 36.7. The molecule has 113 heavy (non-hydrogen) atoms. The van der Waals surface area contributed by atoms with Crippen molar-refractivity contribution >= 4 is 23.9 Å². The van der Waals surface area contributed by atoms with E-state index in [4.69, 9.17) is 23.7 Å². The Morgan fingerprint density at radius 1 is 0.292 bits per heavy atom. The van der Waals surface area contributed by atoms with E-state index in [0.29, 0.717) is 93.8 Å². The van der Waals surface area contributed by atoms with Crippen molar-refractivity contribution < 1.29 is 42.9 Å². The average Bonchev–Trinajstić information content (AvgIpc) is 0.908. The van der Waals surface area contributed by atoms with E-state index in [2.05, 4.69) is 91.1 Å². The predicted octanol–water partition coefficient (Wildman–Crippen LogP) is 29.1. The van der Waals surface area contributed by atoms with Crippen LogP contribution in [-0.4, -0.2) is 137 Å². The number of nitrogens with zero attached hydrogens (tertiary/aromatic N) is 3. The van der Waals surface area contributed by atoms with Gasteiger partial charge in [-0.15, -0.1) is 0 Å². The molecule has 1 rings (SSSR count). The van der Waals surface area contributed by atoms with E-state index in [1.807, 2.05) is 0 Å². The van der Waals surface area contributed by atoms with Crippen LogP contribution in [0.15, 0.2) is 0 Å². The fourth-order valence-electron chi connectivity index (χ4n) is 17.5. The fourth-order valence-corrected chi connectivity index (χ4v) is 17.5. The van der Waals surface area contributed by atoms with Gasteiger partial charge in [0.2, 0.25) is 0 Å². The summed E-state index contributed by atoms with van der Waals surface area (Å²) in [6.07, 6.45) is 79.0. The van der Waals surface area contributed by atoms with E-state index < -0.39 is 0 Å². The molecule has 1 heterocycles. The normalized spacial score (nSPS) is 14.2. The summed E-state index contributed by atoms with van der Waals surface area (Å²) in [7, 11) is 4.52. The van der Waals surface area contributed by atoms with Crippen LogP contribution in [0.4, 0.5) is 0 Å². The Bertz CT molecular complexity index is 2010. The van der Waals surface area contributed by atoms with Gasteiger partial charge < -0.3 is 38.4 Å². The number of hydrogen-bond donors (Lipinski definition) is 0. The molecule has 12 heteroatoms. The van der Waals surface area contributed by atoms with Crippen LogP contribution in [0, 0.1) is 35.5 Å². The third-order valence-electron chi connectivity index (χ3n) is 26.0. The third-order valence-corrected chi connectivity index (χ3v) is 26.0. The molecule has 0 amide bonds. The summed E-state index contributed by atoms with van der Waals surface area (Å²) in [6, 6.07) is 0.594. The molecule has 4 atom stereocenters. The first-order valence-electron chi connectivity index (χ1n) is 50.6. The summed E-state index contributed by atoms with van der Waals surface area (Å²) in [4.78, 5) is 58.8. The number of rotatable bonds is 88. The van der Waals surface area contributed by atoms with Crippen molar-refractivity contribution in [3.05, 3.63) is 0 Å². The first kappa shape index (κ1) is 109. The van der Waals surface area contributed by atoms with Crippen molar-refractivity contribution in [1.29, 1.82) is 0 Å². The quantitative estimate of drug-likeness (QED) is 0.0327. The van der Waals surface area contributed by atoms with Crippen LogP contribution in [0.2, 0.25) is 0 Å². The molecule has 0 aromatic carbocycles. The van der Waals surface area contributed by atoms with Gasteiger partial charge in [-0.05, 0) is 160 Å². The van der Waals surface area contributed by atoms with E-state index in [-0.39, 0.29) is 23.9 Å².